The largest absolute Gasteiger partial charge is 1.00 e. The maximum Gasteiger partial charge on any atom is 1.00 e. The van der Waals surface area contributed by atoms with Crippen molar-refractivity contribution >= 4 is 13.8 Å². The number of ether oxygens (including phenoxy) is 1. The van der Waals surface area contributed by atoms with Crippen molar-refractivity contribution in [2.75, 3.05) is 6.61 Å². The van der Waals surface area contributed by atoms with E-state index >= 15 is 0 Å². The molecule has 0 unspecified atom stereocenters. The first kappa shape index (κ1) is 21.3. The molecule has 0 aliphatic heterocycles. The van der Waals surface area contributed by atoms with Crippen LogP contribution in [0.4, 0.5) is 0 Å². The number of phosphoric acid groups is 1. The second kappa shape index (κ2) is 13.0. The topological polar surface area (TPSA) is 104 Å². The number of hydrogen-bond acceptors (Lipinski definition) is 3. The van der Waals surface area contributed by atoms with Crippen LogP contribution in [0.5, 0.6) is 0 Å². The molecule has 0 atom stereocenters. The fraction of sp³-hybridized carbons (Fsp3) is 0.429. The first-order chi connectivity index (χ1) is 6.31. The van der Waals surface area contributed by atoms with Gasteiger partial charge in [0.15, 0.2) is 0 Å². The Bertz CT molecular complexity index is 205. The van der Waals surface area contributed by atoms with Gasteiger partial charge >= 0.3 is 65.2 Å². The molecule has 3 N–H and O–H groups in total. The Morgan fingerprint density at radius 1 is 1.47 bits per heavy atom. The minimum absolute atomic E-state index is 0. The van der Waals surface area contributed by atoms with Crippen molar-refractivity contribution in [3.8, 4) is 0 Å². The first-order valence-electron chi connectivity index (χ1n) is 3.68. The Balaban J connectivity index is -0.000000208. The van der Waals surface area contributed by atoms with Crippen molar-refractivity contribution in [2.45, 2.75) is 12.8 Å². The fourth-order valence-corrected chi connectivity index (χ4v) is 0.334. The predicted molar refractivity (Wildman–Crippen MR) is 50.0 cm³/mol. The van der Waals surface area contributed by atoms with Crippen LogP contribution in [0.3, 0.4) is 0 Å². The summed E-state index contributed by atoms with van der Waals surface area (Å²) in [5.74, 6) is -0.358. The molecular weight excluding hydrogens is 250 g/mol. The molecule has 0 saturated heterocycles. The van der Waals surface area contributed by atoms with Crippen LogP contribution in [0.2, 0.25) is 0 Å². The Morgan fingerprint density at radius 2 is 1.87 bits per heavy atom. The minimum atomic E-state index is -4.64. The third-order valence-electron chi connectivity index (χ3n) is 0.805. The van der Waals surface area contributed by atoms with Crippen LogP contribution in [0.1, 0.15) is 12.8 Å². The van der Waals surface area contributed by atoms with Crippen LogP contribution in [0.25, 0.3) is 0 Å². The Hall–Kier alpha value is 0.956. The van der Waals surface area contributed by atoms with Gasteiger partial charge in [0.2, 0.25) is 0 Å². The van der Waals surface area contributed by atoms with Gasteiger partial charge in [0, 0.05) is 6.08 Å². The van der Waals surface area contributed by atoms with E-state index in [1.54, 1.807) is 0 Å². The van der Waals surface area contributed by atoms with E-state index in [2.05, 4.69) is 18.2 Å². The van der Waals surface area contributed by atoms with E-state index < -0.39 is 7.82 Å². The van der Waals surface area contributed by atoms with Crippen molar-refractivity contribution in [1.29, 1.82) is 0 Å². The van der Waals surface area contributed by atoms with Gasteiger partial charge in [-0.25, -0.2) is 9.36 Å². The molecule has 0 aromatic rings. The van der Waals surface area contributed by atoms with Gasteiger partial charge in [-0.2, -0.15) is 6.42 Å². The third kappa shape index (κ3) is 39.7. The zero-order chi connectivity index (χ0) is 11.6. The molecule has 0 saturated carbocycles. The molecule has 0 spiro atoms. The van der Waals surface area contributed by atoms with E-state index in [0.717, 1.165) is 18.9 Å². The maximum atomic E-state index is 10.3. The summed E-state index contributed by atoms with van der Waals surface area (Å²) in [4.78, 5) is 31.9. The van der Waals surface area contributed by atoms with Gasteiger partial charge in [0.1, 0.15) is 0 Å². The molecule has 0 bridgehead atoms. The predicted octanol–water partition coefficient (Wildman–Crippen LogP) is -2.59. The number of rotatable bonds is 4. The number of carbonyl (C=O) groups is 1. The molecule has 0 aliphatic rings. The zero-order valence-electron chi connectivity index (χ0n) is 8.63. The number of esters is 1. The van der Waals surface area contributed by atoms with Gasteiger partial charge in [-0.05, 0) is 6.42 Å². The van der Waals surface area contributed by atoms with Crippen LogP contribution >= 0.6 is 7.82 Å². The van der Waals surface area contributed by atoms with Crippen molar-refractivity contribution in [1.82, 2.24) is 0 Å². The minimum Gasteiger partial charge on any atom is -0.463 e. The molecule has 0 heterocycles. The molecule has 0 fully saturated rings. The first-order valence-corrected chi connectivity index (χ1v) is 5.24. The van der Waals surface area contributed by atoms with E-state index in [9.17, 15) is 4.79 Å². The van der Waals surface area contributed by atoms with Gasteiger partial charge in [0.25, 0.3) is 0 Å². The molecule has 8 heteroatoms. The molecule has 0 radical (unpaired) electrons. The van der Waals surface area contributed by atoms with Crippen molar-refractivity contribution in [3.63, 3.8) is 0 Å². The van der Waals surface area contributed by atoms with E-state index in [1.807, 2.05) is 0 Å². The number of carbonyl (C=O) groups excluding carboxylic acids is 1. The molecule has 15 heavy (non-hydrogen) atoms. The van der Waals surface area contributed by atoms with E-state index in [1.165, 1.54) is 0 Å². The summed E-state index contributed by atoms with van der Waals surface area (Å²) in [5.41, 5.74) is 0. The van der Waals surface area contributed by atoms with Crippen LogP contribution in [-0.4, -0.2) is 27.3 Å². The van der Waals surface area contributed by atoms with Gasteiger partial charge in [-0.1, -0.05) is 6.58 Å². The monoisotopic (exact) mass is 264 g/mol. The molecule has 0 aliphatic carbocycles. The zero-order valence-corrected chi connectivity index (χ0v) is 12.6. The summed E-state index contributed by atoms with van der Waals surface area (Å²) in [6.45, 7) is 7.29. The van der Waals surface area contributed by atoms with Crippen molar-refractivity contribution in [2.24, 2.45) is 0 Å². The van der Waals surface area contributed by atoms with Gasteiger partial charge in [-0.15, -0.1) is 0 Å². The summed E-state index contributed by atoms with van der Waals surface area (Å²) in [6, 6.07) is 0. The maximum absolute atomic E-state index is 10.3. The summed E-state index contributed by atoms with van der Waals surface area (Å²) < 4.78 is 13.5. The third-order valence-corrected chi connectivity index (χ3v) is 0.805. The molecule has 6 nitrogen and oxygen atoms in total. The van der Waals surface area contributed by atoms with Crippen molar-refractivity contribution in [3.05, 3.63) is 19.6 Å². The van der Waals surface area contributed by atoms with Crippen LogP contribution in [0, 0.1) is 6.92 Å². The van der Waals surface area contributed by atoms with Crippen LogP contribution in [-0.2, 0) is 14.1 Å². The smallest absolute Gasteiger partial charge is 0.463 e. The summed E-state index contributed by atoms with van der Waals surface area (Å²) in [6.07, 6.45) is 2.77. The van der Waals surface area contributed by atoms with Crippen molar-refractivity contribution < 1.29 is 80.2 Å². The molecular formula is C7H14KO6P. The molecule has 0 amide bonds. The normalized spacial score (nSPS) is 9.07. The summed E-state index contributed by atoms with van der Waals surface area (Å²) in [5, 5.41) is 0. The number of unbranched alkanes of at least 4 members (excludes halogenated alkanes) is 1. The SMILES string of the molecule is C=CC(=O)OCCC[CH2-].O=P(O)(O)O.[K+]. The molecule has 84 valence electrons. The van der Waals surface area contributed by atoms with Gasteiger partial charge in [0.05, 0.1) is 6.61 Å². The standard InChI is InChI=1S/C7H11O2.K.H3O4P/c1-3-5-6-9-7(8)4-2;;1-5(2,3)4/h4H,1-3,5-6H2;;(H3,1,2,3,4)/q-1;+1;. The molecule has 0 aromatic heterocycles. The van der Waals surface area contributed by atoms with Gasteiger partial charge in [-0.3, -0.25) is 0 Å². The molecule has 0 rings (SSSR count). The Morgan fingerprint density at radius 3 is 2.13 bits per heavy atom. The van der Waals surface area contributed by atoms with E-state index in [0.29, 0.717) is 6.61 Å². The van der Waals surface area contributed by atoms with Gasteiger partial charge < -0.3 is 26.3 Å². The Labute approximate surface area is 131 Å². The van der Waals surface area contributed by atoms with E-state index in [-0.39, 0.29) is 57.4 Å². The average molecular weight is 264 g/mol. The second-order valence-corrected chi connectivity index (χ2v) is 3.12. The van der Waals surface area contributed by atoms with Crippen LogP contribution < -0.4 is 51.4 Å². The fourth-order valence-electron chi connectivity index (χ4n) is 0.334. The van der Waals surface area contributed by atoms with Crippen LogP contribution in [0.15, 0.2) is 12.7 Å². The van der Waals surface area contributed by atoms with E-state index in [4.69, 9.17) is 19.2 Å². The number of hydrogen-bond donors (Lipinski definition) is 3. The molecule has 0 aromatic carbocycles. The average Bonchev–Trinajstić information content (AvgIpc) is 2.01. The quantitative estimate of drug-likeness (QED) is 0.128. The second-order valence-electron chi connectivity index (χ2n) is 2.09. The Kier molecular flexibility index (Phi) is 18.5. The summed E-state index contributed by atoms with van der Waals surface area (Å²) >= 11 is 0. The summed E-state index contributed by atoms with van der Waals surface area (Å²) in [7, 11) is -4.64.